The number of carbonyl (C=O) groups is 2. The standard InChI is InChI=1S/C20H20N6O2S/c21-11-16-17(25-26(19(16)22)15-5-2-1-3-6-15)7-4-9-23-18(27)12-24-20(28)14-8-10-29-13-14/h1-3,5-6,8,10,13H,4,7,9,12,22H2,(H,23,27)(H,24,28). The van der Waals surface area contributed by atoms with Crippen LogP contribution in [0.1, 0.15) is 28.0 Å². The van der Waals surface area contributed by atoms with E-state index in [1.54, 1.807) is 21.5 Å². The van der Waals surface area contributed by atoms with E-state index in [-0.39, 0.29) is 18.4 Å². The number of hydrogen-bond acceptors (Lipinski definition) is 6. The molecule has 0 unspecified atom stereocenters. The Labute approximate surface area is 172 Å². The zero-order valence-electron chi connectivity index (χ0n) is 15.6. The Balaban J connectivity index is 1.48. The van der Waals surface area contributed by atoms with Gasteiger partial charge in [0.25, 0.3) is 5.91 Å². The second-order valence-corrected chi connectivity index (χ2v) is 6.99. The quantitative estimate of drug-likeness (QED) is 0.491. The highest BCUT2D eigenvalue weighted by atomic mass is 32.1. The van der Waals surface area contributed by atoms with Crippen LogP contribution in [-0.2, 0) is 11.2 Å². The predicted octanol–water partition coefficient (Wildman–Crippen LogP) is 1.87. The van der Waals surface area contributed by atoms with Gasteiger partial charge in [0.1, 0.15) is 17.5 Å². The molecule has 0 bridgehead atoms. The number of benzene rings is 1. The average Bonchev–Trinajstić information content (AvgIpc) is 3.38. The molecule has 0 atom stereocenters. The first-order valence-electron chi connectivity index (χ1n) is 9.00. The molecule has 8 nitrogen and oxygen atoms in total. The van der Waals surface area contributed by atoms with Gasteiger partial charge in [0, 0.05) is 17.5 Å². The molecule has 0 aliphatic rings. The lowest BCUT2D eigenvalue weighted by Gasteiger charge is -2.06. The second-order valence-electron chi connectivity index (χ2n) is 6.21. The lowest BCUT2D eigenvalue weighted by Crippen LogP contribution is -2.37. The van der Waals surface area contributed by atoms with Crippen molar-refractivity contribution >= 4 is 29.0 Å². The third-order valence-corrected chi connectivity index (χ3v) is 4.89. The Morgan fingerprint density at radius 3 is 2.69 bits per heavy atom. The fourth-order valence-corrected chi connectivity index (χ4v) is 3.38. The maximum atomic E-state index is 11.9. The van der Waals surface area contributed by atoms with Gasteiger partial charge < -0.3 is 16.4 Å². The minimum absolute atomic E-state index is 0.0896. The highest BCUT2D eigenvalue weighted by Crippen LogP contribution is 2.21. The Morgan fingerprint density at radius 1 is 1.21 bits per heavy atom. The number of anilines is 1. The smallest absolute Gasteiger partial charge is 0.252 e. The molecule has 0 radical (unpaired) electrons. The second kappa shape index (κ2) is 9.52. The lowest BCUT2D eigenvalue weighted by atomic mass is 10.1. The zero-order valence-corrected chi connectivity index (χ0v) is 16.4. The first kappa shape index (κ1) is 20.1. The molecule has 2 heterocycles. The highest BCUT2D eigenvalue weighted by Gasteiger charge is 2.16. The van der Waals surface area contributed by atoms with Crippen LogP contribution in [0.25, 0.3) is 5.69 Å². The number of carbonyl (C=O) groups excluding carboxylic acids is 2. The van der Waals surface area contributed by atoms with Gasteiger partial charge in [-0.15, -0.1) is 0 Å². The summed E-state index contributed by atoms with van der Waals surface area (Å²) in [6.45, 7) is 0.309. The number of thiophene rings is 1. The fraction of sp³-hybridized carbons (Fsp3) is 0.200. The molecule has 4 N–H and O–H groups in total. The van der Waals surface area contributed by atoms with E-state index in [0.717, 1.165) is 5.69 Å². The van der Waals surface area contributed by atoms with Gasteiger partial charge in [-0.3, -0.25) is 9.59 Å². The molecule has 0 spiro atoms. The first-order valence-corrected chi connectivity index (χ1v) is 9.94. The van der Waals surface area contributed by atoms with Gasteiger partial charge in [-0.1, -0.05) is 18.2 Å². The maximum absolute atomic E-state index is 11.9. The number of nitriles is 1. The van der Waals surface area contributed by atoms with Gasteiger partial charge in [0.15, 0.2) is 0 Å². The summed E-state index contributed by atoms with van der Waals surface area (Å²) >= 11 is 1.42. The Morgan fingerprint density at radius 2 is 2.00 bits per heavy atom. The van der Waals surface area contributed by atoms with Crippen LogP contribution in [0.15, 0.2) is 47.2 Å². The maximum Gasteiger partial charge on any atom is 0.252 e. The SMILES string of the molecule is N#Cc1c(CCCNC(=O)CNC(=O)c2ccsc2)nn(-c2ccccc2)c1N. The number of nitrogens with two attached hydrogens (primary N) is 1. The summed E-state index contributed by atoms with van der Waals surface area (Å²) in [5.41, 5.74) is 8.34. The number of amides is 2. The third kappa shape index (κ3) is 5.00. The van der Waals surface area contributed by atoms with Crippen LogP contribution in [-0.4, -0.2) is 34.7 Å². The summed E-state index contributed by atoms with van der Waals surface area (Å²) in [7, 11) is 0. The van der Waals surface area contributed by atoms with Crippen LogP contribution < -0.4 is 16.4 Å². The number of nitrogens with zero attached hydrogens (tertiary/aromatic N) is 3. The van der Waals surface area contributed by atoms with Crippen LogP contribution in [0.3, 0.4) is 0 Å². The van der Waals surface area contributed by atoms with Crippen LogP contribution in [0.4, 0.5) is 5.82 Å². The minimum atomic E-state index is -0.276. The number of para-hydroxylation sites is 1. The van der Waals surface area contributed by atoms with Crippen molar-refractivity contribution in [2.24, 2.45) is 0 Å². The summed E-state index contributed by atoms with van der Waals surface area (Å²) in [6.07, 6.45) is 1.08. The van der Waals surface area contributed by atoms with E-state index >= 15 is 0 Å². The lowest BCUT2D eigenvalue weighted by molar-refractivity contribution is -0.120. The summed E-state index contributed by atoms with van der Waals surface area (Å²) in [4.78, 5) is 23.7. The monoisotopic (exact) mass is 408 g/mol. The van der Waals surface area contributed by atoms with Gasteiger partial charge in [-0.2, -0.15) is 21.7 Å². The van der Waals surface area contributed by atoms with Crippen molar-refractivity contribution in [1.29, 1.82) is 5.26 Å². The number of nitrogen functional groups attached to an aromatic ring is 1. The number of hydrogen-bond donors (Lipinski definition) is 3. The van der Waals surface area contributed by atoms with E-state index < -0.39 is 0 Å². The Kier molecular flexibility index (Phi) is 6.60. The van der Waals surface area contributed by atoms with Gasteiger partial charge in [0.05, 0.1) is 17.9 Å². The Bertz CT molecular complexity index is 1020. The molecule has 3 aromatic rings. The molecule has 1 aromatic carbocycles. The molecule has 3 rings (SSSR count). The number of rotatable bonds is 8. The van der Waals surface area contributed by atoms with E-state index in [1.165, 1.54) is 11.3 Å². The van der Waals surface area contributed by atoms with Gasteiger partial charge in [-0.25, -0.2) is 4.68 Å². The van der Waals surface area contributed by atoms with Crippen molar-refractivity contribution in [3.63, 3.8) is 0 Å². The normalized spacial score (nSPS) is 10.3. The van der Waals surface area contributed by atoms with Crippen LogP contribution >= 0.6 is 11.3 Å². The summed E-state index contributed by atoms with van der Waals surface area (Å²) in [5.74, 6) is -0.251. The van der Waals surface area contributed by atoms with Gasteiger partial charge >= 0.3 is 0 Å². The van der Waals surface area contributed by atoms with Crippen molar-refractivity contribution in [2.45, 2.75) is 12.8 Å². The van der Waals surface area contributed by atoms with Crippen molar-refractivity contribution in [2.75, 3.05) is 18.8 Å². The molecule has 148 valence electrons. The van der Waals surface area contributed by atoms with Crippen LogP contribution in [0.2, 0.25) is 0 Å². The van der Waals surface area contributed by atoms with Gasteiger partial charge in [-0.05, 0) is 36.4 Å². The zero-order chi connectivity index (χ0) is 20.6. The van der Waals surface area contributed by atoms with Crippen LogP contribution in [0.5, 0.6) is 0 Å². The highest BCUT2D eigenvalue weighted by molar-refractivity contribution is 7.08. The van der Waals surface area contributed by atoms with E-state index in [0.29, 0.717) is 42.0 Å². The summed E-state index contributed by atoms with van der Waals surface area (Å²) < 4.78 is 1.55. The van der Waals surface area contributed by atoms with E-state index in [9.17, 15) is 14.9 Å². The van der Waals surface area contributed by atoms with Crippen molar-refractivity contribution < 1.29 is 9.59 Å². The molecule has 0 aliphatic heterocycles. The largest absolute Gasteiger partial charge is 0.382 e. The van der Waals surface area contributed by atoms with Gasteiger partial charge in [0.2, 0.25) is 5.91 Å². The topological polar surface area (TPSA) is 126 Å². The molecule has 2 amide bonds. The summed E-state index contributed by atoms with van der Waals surface area (Å²) in [5, 5.41) is 22.7. The molecule has 0 saturated carbocycles. The Hall–Kier alpha value is -3.64. The van der Waals surface area contributed by atoms with E-state index in [1.807, 2.05) is 30.3 Å². The molecular formula is C20H20N6O2S. The minimum Gasteiger partial charge on any atom is -0.382 e. The van der Waals surface area contributed by atoms with Crippen molar-refractivity contribution in [1.82, 2.24) is 20.4 Å². The van der Waals surface area contributed by atoms with Crippen molar-refractivity contribution in [3.05, 3.63) is 64.0 Å². The first-order chi connectivity index (χ1) is 14.1. The third-order valence-electron chi connectivity index (χ3n) is 4.21. The fourth-order valence-electron chi connectivity index (χ4n) is 2.74. The number of nitrogens with one attached hydrogen (secondary N) is 2. The average molecular weight is 408 g/mol. The molecule has 29 heavy (non-hydrogen) atoms. The number of aryl methyl sites for hydroxylation is 1. The molecule has 9 heteroatoms. The molecule has 0 saturated heterocycles. The molecule has 0 aliphatic carbocycles. The van der Waals surface area contributed by atoms with Crippen molar-refractivity contribution in [3.8, 4) is 11.8 Å². The predicted molar refractivity (Wildman–Crippen MR) is 111 cm³/mol. The summed E-state index contributed by atoms with van der Waals surface area (Å²) in [6, 6.07) is 13.2. The van der Waals surface area contributed by atoms with E-state index in [4.69, 9.17) is 5.73 Å². The molecule has 0 fully saturated rings. The molecular weight excluding hydrogens is 388 g/mol. The van der Waals surface area contributed by atoms with Crippen LogP contribution in [0, 0.1) is 11.3 Å². The number of aromatic nitrogens is 2. The van der Waals surface area contributed by atoms with E-state index in [2.05, 4.69) is 21.8 Å². The molecule has 2 aromatic heterocycles.